The maximum Gasteiger partial charge on any atom is 0.416 e. The average molecular weight is 321 g/mol. The van der Waals surface area contributed by atoms with Gasteiger partial charge in [-0.3, -0.25) is 5.43 Å². The molecule has 0 bridgehead atoms. The number of anilines is 1. The summed E-state index contributed by atoms with van der Waals surface area (Å²) in [5.41, 5.74) is 3.25. The lowest BCUT2D eigenvalue weighted by Gasteiger charge is -2.06. The molecule has 0 saturated carbocycles. The summed E-state index contributed by atoms with van der Waals surface area (Å²) in [6.07, 6.45) is -3.02. The fraction of sp³-hybridized carbons (Fsp3) is 0.0667. The van der Waals surface area contributed by atoms with Gasteiger partial charge in [0, 0.05) is 0 Å². The number of fused-ring (bicyclic) bond motifs is 1. The van der Waals surface area contributed by atoms with Crippen LogP contribution in [-0.2, 0) is 6.18 Å². The van der Waals surface area contributed by atoms with Crippen molar-refractivity contribution in [2.24, 2.45) is 5.10 Å². The summed E-state index contributed by atoms with van der Waals surface area (Å²) in [6.45, 7) is 0. The Labute approximate surface area is 128 Å². The third-order valence-corrected chi connectivity index (χ3v) is 3.82. The lowest BCUT2D eigenvalue weighted by atomic mass is 10.1. The van der Waals surface area contributed by atoms with Crippen LogP contribution in [0.25, 0.3) is 10.2 Å². The van der Waals surface area contributed by atoms with Crippen LogP contribution in [0, 0.1) is 0 Å². The molecule has 3 aromatic rings. The Balaban J connectivity index is 1.74. The highest BCUT2D eigenvalue weighted by molar-refractivity contribution is 7.22. The third kappa shape index (κ3) is 3.25. The van der Waals surface area contributed by atoms with Crippen molar-refractivity contribution < 1.29 is 13.2 Å². The number of hydrogen-bond donors (Lipinski definition) is 1. The molecule has 0 radical (unpaired) electrons. The van der Waals surface area contributed by atoms with Crippen molar-refractivity contribution in [3.63, 3.8) is 0 Å². The van der Waals surface area contributed by atoms with Gasteiger partial charge in [0.15, 0.2) is 0 Å². The summed E-state index contributed by atoms with van der Waals surface area (Å²) in [5, 5.41) is 4.52. The van der Waals surface area contributed by atoms with Gasteiger partial charge in [0.2, 0.25) is 5.13 Å². The van der Waals surface area contributed by atoms with Crippen molar-refractivity contribution in [3.05, 3.63) is 59.7 Å². The van der Waals surface area contributed by atoms with E-state index in [9.17, 15) is 13.2 Å². The Hall–Kier alpha value is -2.41. The van der Waals surface area contributed by atoms with Gasteiger partial charge >= 0.3 is 6.18 Å². The molecule has 2 aromatic carbocycles. The first-order chi connectivity index (χ1) is 10.5. The van der Waals surface area contributed by atoms with Crippen LogP contribution in [0.1, 0.15) is 11.1 Å². The zero-order valence-corrected chi connectivity index (χ0v) is 11.9. The summed E-state index contributed by atoms with van der Waals surface area (Å²) < 4.78 is 38.8. The van der Waals surface area contributed by atoms with Crippen molar-refractivity contribution in [2.45, 2.75) is 6.18 Å². The SMILES string of the molecule is FC(F)(F)c1cccc(/C=N\Nc2nc3ccccc3s2)c1. The van der Waals surface area contributed by atoms with Gasteiger partial charge in [0.25, 0.3) is 0 Å². The van der Waals surface area contributed by atoms with Crippen molar-refractivity contribution in [1.29, 1.82) is 0 Å². The summed E-state index contributed by atoms with van der Waals surface area (Å²) >= 11 is 1.42. The molecule has 0 unspecified atom stereocenters. The lowest BCUT2D eigenvalue weighted by Crippen LogP contribution is -2.05. The summed E-state index contributed by atoms with van der Waals surface area (Å²) in [5.74, 6) is 0. The first-order valence-electron chi connectivity index (χ1n) is 6.34. The van der Waals surface area contributed by atoms with Crippen LogP contribution in [0.3, 0.4) is 0 Å². The molecule has 0 atom stereocenters. The topological polar surface area (TPSA) is 37.3 Å². The van der Waals surface area contributed by atoms with E-state index in [1.165, 1.54) is 23.6 Å². The molecule has 0 spiro atoms. The number of halogens is 3. The van der Waals surface area contributed by atoms with Crippen LogP contribution in [0.4, 0.5) is 18.3 Å². The molecule has 0 aliphatic rings. The highest BCUT2D eigenvalue weighted by Crippen LogP contribution is 2.29. The Morgan fingerprint density at radius 1 is 1.09 bits per heavy atom. The maximum absolute atomic E-state index is 12.6. The molecule has 7 heteroatoms. The van der Waals surface area contributed by atoms with Gasteiger partial charge in [0.05, 0.1) is 22.0 Å². The first kappa shape index (κ1) is 14.5. The molecular formula is C15H10F3N3S. The minimum absolute atomic E-state index is 0.364. The number of para-hydroxylation sites is 1. The van der Waals surface area contributed by atoms with E-state index < -0.39 is 11.7 Å². The molecule has 0 aliphatic carbocycles. The van der Waals surface area contributed by atoms with E-state index in [-0.39, 0.29) is 0 Å². The van der Waals surface area contributed by atoms with Crippen molar-refractivity contribution in [3.8, 4) is 0 Å². The number of thiazole rings is 1. The minimum atomic E-state index is -4.36. The first-order valence-corrected chi connectivity index (χ1v) is 7.16. The number of nitrogens with one attached hydrogen (secondary N) is 1. The summed E-state index contributed by atoms with van der Waals surface area (Å²) in [7, 11) is 0. The van der Waals surface area contributed by atoms with Crippen LogP contribution in [0.15, 0.2) is 53.6 Å². The second-order valence-electron chi connectivity index (χ2n) is 4.48. The molecule has 3 nitrogen and oxygen atoms in total. The number of alkyl halides is 3. The largest absolute Gasteiger partial charge is 0.416 e. The number of rotatable bonds is 3. The molecule has 0 saturated heterocycles. The number of benzene rings is 2. The van der Waals surface area contributed by atoms with E-state index in [1.807, 2.05) is 24.3 Å². The van der Waals surface area contributed by atoms with E-state index in [2.05, 4.69) is 15.5 Å². The van der Waals surface area contributed by atoms with E-state index in [4.69, 9.17) is 0 Å². The predicted octanol–water partition coefficient (Wildman–Crippen LogP) is 4.76. The number of nitrogens with zero attached hydrogens (tertiary/aromatic N) is 2. The van der Waals surface area contributed by atoms with Crippen LogP contribution >= 0.6 is 11.3 Å². The van der Waals surface area contributed by atoms with E-state index in [0.717, 1.165) is 22.3 Å². The quantitative estimate of drug-likeness (QED) is 0.558. The Morgan fingerprint density at radius 3 is 2.68 bits per heavy atom. The standard InChI is InChI=1S/C15H10F3N3S/c16-15(17,18)11-5-3-4-10(8-11)9-19-21-14-20-12-6-1-2-7-13(12)22-14/h1-9H,(H,20,21)/b19-9-. The molecule has 1 aromatic heterocycles. The van der Waals surface area contributed by atoms with Crippen LogP contribution in [0.2, 0.25) is 0 Å². The number of hydrogen-bond acceptors (Lipinski definition) is 4. The zero-order valence-electron chi connectivity index (χ0n) is 11.1. The molecule has 0 aliphatic heterocycles. The smallest absolute Gasteiger partial charge is 0.253 e. The third-order valence-electron chi connectivity index (χ3n) is 2.88. The monoisotopic (exact) mass is 321 g/mol. The molecule has 1 N–H and O–H groups in total. The Kier molecular flexibility index (Phi) is 3.81. The van der Waals surface area contributed by atoms with Gasteiger partial charge in [0.1, 0.15) is 0 Å². The molecule has 3 rings (SSSR count). The second-order valence-corrected chi connectivity index (χ2v) is 5.51. The minimum Gasteiger partial charge on any atom is -0.253 e. The lowest BCUT2D eigenvalue weighted by molar-refractivity contribution is -0.137. The van der Waals surface area contributed by atoms with Crippen molar-refractivity contribution in [1.82, 2.24) is 4.98 Å². The zero-order chi connectivity index (χ0) is 15.6. The Bertz CT molecular complexity index is 791. The maximum atomic E-state index is 12.6. The molecule has 0 amide bonds. The van der Waals surface area contributed by atoms with Crippen LogP contribution < -0.4 is 5.43 Å². The second kappa shape index (κ2) is 5.76. The van der Waals surface area contributed by atoms with Gasteiger partial charge in [-0.05, 0) is 29.8 Å². The van der Waals surface area contributed by atoms with Gasteiger partial charge in [-0.25, -0.2) is 4.98 Å². The average Bonchev–Trinajstić information content (AvgIpc) is 2.89. The number of aromatic nitrogens is 1. The normalized spacial score (nSPS) is 12.1. The molecule has 1 heterocycles. The fourth-order valence-corrected chi connectivity index (χ4v) is 2.69. The number of hydrazone groups is 1. The summed E-state index contributed by atoms with van der Waals surface area (Å²) in [4.78, 5) is 4.31. The summed E-state index contributed by atoms with van der Waals surface area (Å²) in [6, 6.07) is 12.6. The highest BCUT2D eigenvalue weighted by Gasteiger charge is 2.30. The fourth-order valence-electron chi connectivity index (χ4n) is 1.88. The van der Waals surface area contributed by atoms with Gasteiger partial charge in [-0.15, -0.1) is 0 Å². The van der Waals surface area contributed by atoms with Gasteiger partial charge in [-0.1, -0.05) is 35.6 Å². The molecule has 22 heavy (non-hydrogen) atoms. The molecular weight excluding hydrogens is 311 g/mol. The molecule has 0 fully saturated rings. The van der Waals surface area contributed by atoms with E-state index in [0.29, 0.717) is 10.7 Å². The van der Waals surface area contributed by atoms with E-state index >= 15 is 0 Å². The van der Waals surface area contributed by atoms with Crippen LogP contribution in [-0.4, -0.2) is 11.2 Å². The van der Waals surface area contributed by atoms with Gasteiger partial charge in [-0.2, -0.15) is 18.3 Å². The molecule has 112 valence electrons. The predicted molar refractivity (Wildman–Crippen MR) is 82.3 cm³/mol. The Morgan fingerprint density at radius 2 is 1.91 bits per heavy atom. The van der Waals surface area contributed by atoms with E-state index in [1.54, 1.807) is 6.07 Å². The van der Waals surface area contributed by atoms with Crippen molar-refractivity contribution in [2.75, 3.05) is 5.43 Å². The van der Waals surface area contributed by atoms with Crippen LogP contribution in [0.5, 0.6) is 0 Å². The highest BCUT2D eigenvalue weighted by atomic mass is 32.1. The van der Waals surface area contributed by atoms with Gasteiger partial charge < -0.3 is 0 Å². The van der Waals surface area contributed by atoms with Crippen molar-refractivity contribution >= 4 is 32.9 Å².